The second-order valence-corrected chi connectivity index (χ2v) is 6.08. The van der Waals surface area contributed by atoms with Gasteiger partial charge in [-0.1, -0.05) is 31.5 Å². The van der Waals surface area contributed by atoms with Gasteiger partial charge in [0, 0.05) is 25.0 Å². The van der Waals surface area contributed by atoms with Crippen LogP contribution in [0.25, 0.3) is 0 Å². The Bertz CT molecular complexity index is 557. The summed E-state index contributed by atoms with van der Waals surface area (Å²) in [6.07, 6.45) is 1.77. The summed E-state index contributed by atoms with van der Waals surface area (Å²) < 4.78 is 0. The van der Waals surface area contributed by atoms with Gasteiger partial charge in [0.2, 0.25) is 5.91 Å². The van der Waals surface area contributed by atoms with Crippen molar-refractivity contribution in [2.45, 2.75) is 32.7 Å². The Balaban J connectivity index is 2.00. The van der Waals surface area contributed by atoms with Crippen LogP contribution in [0.3, 0.4) is 0 Å². The average Bonchev–Trinajstić information content (AvgIpc) is 2.47. The van der Waals surface area contributed by atoms with E-state index in [1.165, 1.54) is 0 Å². The van der Waals surface area contributed by atoms with Crippen molar-refractivity contribution >= 4 is 23.2 Å². The summed E-state index contributed by atoms with van der Waals surface area (Å²) in [5.74, 6) is 0.120. The molecule has 21 heavy (non-hydrogen) atoms. The molecule has 0 bridgehead atoms. The van der Waals surface area contributed by atoms with Crippen molar-refractivity contribution in [3.05, 3.63) is 28.8 Å². The number of anilines is 1. The van der Waals surface area contributed by atoms with Gasteiger partial charge < -0.3 is 10.2 Å². The second-order valence-electron chi connectivity index (χ2n) is 5.67. The van der Waals surface area contributed by atoms with E-state index in [0.29, 0.717) is 10.6 Å². The zero-order chi connectivity index (χ0) is 15.4. The lowest BCUT2D eigenvalue weighted by Crippen LogP contribution is -2.46. The van der Waals surface area contributed by atoms with Gasteiger partial charge in [0.25, 0.3) is 0 Å². The fourth-order valence-corrected chi connectivity index (χ4v) is 2.73. The lowest BCUT2D eigenvalue weighted by Gasteiger charge is -2.34. The Kier molecular flexibility index (Phi) is 5.08. The van der Waals surface area contributed by atoms with E-state index in [1.807, 2.05) is 26.0 Å². The van der Waals surface area contributed by atoms with Crippen LogP contribution in [0.15, 0.2) is 18.2 Å². The first-order valence-corrected chi connectivity index (χ1v) is 7.64. The molecule has 4 nitrogen and oxygen atoms in total. The minimum absolute atomic E-state index is 0.0150. The maximum Gasteiger partial charge on any atom is 0.222 e. The van der Waals surface area contributed by atoms with E-state index in [9.17, 15) is 10.1 Å². The molecule has 5 heteroatoms. The first-order valence-electron chi connectivity index (χ1n) is 7.27. The van der Waals surface area contributed by atoms with Crippen LogP contribution >= 0.6 is 11.6 Å². The summed E-state index contributed by atoms with van der Waals surface area (Å²) in [5, 5.41) is 12.8. The number of carbonyl (C=O) groups is 1. The van der Waals surface area contributed by atoms with Gasteiger partial charge in [0.05, 0.1) is 16.3 Å². The topological polar surface area (TPSA) is 56.1 Å². The molecule has 0 spiro atoms. The highest BCUT2D eigenvalue weighted by atomic mass is 35.5. The number of amides is 1. The number of nitrogens with zero attached hydrogens (tertiary/aromatic N) is 2. The molecule has 1 aromatic carbocycles. The first kappa shape index (κ1) is 15.7. The molecule has 1 saturated heterocycles. The van der Waals surface area contributed by atoms with Gasteiger partial charge in [-0.3, -0.25) is 4.79 Å². The predicted molar refractivity (Wildman–Crippen MR) is 84.4 cm³/mol. The summed E-state index contributed by atoms with van der Waals surface area (Å²) in [7, 11) is 0. The molecule has 1 aromatic rings. The Morgan fingerprint density at radius 3 is 2.67 bits per heavy atom. The predicted octanol–water partition coefficient (Wildman–Crippen LogP) is 2.95. The number of rotatable bonds is 3. The van der Waals surface area contributed by atoms with E-state index in [1.54, 1.807) is 6.07 Å². The normalized spacial score (nSPS) is 15.9. The molecular weight excluding hydrogens is 286 g/mol. The monoisotopic (exact) mass is 305 g/mol. The number of piperidine rings is 1. The van der Waals surface area contributed by atoms with Crippen molar-refractivity contribution in [2.24, 2.45) is 5.92 Å². The third-order valence-corrected chi connectivity index (χ3v) is 4.12. The van der Waals surface area contributed by atoms with E-state index >= 15 is 0 Å². The zero-order valence-corrected chi connectivity index (χ0v) is 13.2. The molecule has 0 aliphatic carbocycles. The van der Waals surface area contributed by atoms with Crippen LogP contribution in [0.5, 0.6) is 0 Å². The van der Waals surface area contributed by atoms with Gasteiger partial charge in [-0.05, 0) is 25.0 Å². The number of hydrogen-bond acceptors (Lipinski definition) is 3. The third-order valence-electron chi connectivity index (χ3n) is 3.81. The Hall–Kier alpha value is -1.73. The summed E-state index contributed by atoms with van der Waals surface area (Å²) >= 11 is 6.07. The molecule has 1 aliphatic heterocycles. The summed E-state index contributed by atoms with van der Waals surface area (Å²) in [4.78, 5) is 13.9. The molecule has 2 rings (SSSR count). The highest BCUT2D eigenvalue weighted by molar-refractivity contribution is 6.32. The zero-order valence-electron chi connectivity index (χ0n) is 12.4. The molecule has 0 unspecified atom stereocenters. The first-order chi connectivity index (χ1) is 10.0. The van der Waals surface area contributed by atoms with Gasteiger partial charge >= 0.3 is 0 Å². The lowest BCUT2D eigenvalue weighted by atomic mass is 10.0. The van der Waals surface area contributed by atoms with Crippen molar-refractivity contribution in [3.8, 4) is 6.07 Å². The quantitative estimate of drug-likeness (QED) is 0.934. The molecule has 1 amide bonds. The van der Waals surface area contributed by atoms with E-state index in [4.69, 9.17) is 11.6 Å². The van der Waals surface area contributed by atoms with Gasteiger partial charge in [0.15, 0.2) is 0 Å². The highest BCUT2D eigenvalue weighted by Gasteiger charge is 2.23. The fourth-order valence-electron chi connectivity index (χ4n) is 2.52. The number of nitrogens with one attached hydrogen (secondary N) is 1. The van der Waals surface area contributed by atoms with Crippen molar-refractivity contribution < 1.29 is 4.79 Å². The largest absolute Gasteiger partial charge is 0.370 e. The maximum atomic E-state index is 11.7. The molecule has 112 valence electrons. The fraction of sp³-hybridized carbons (Fsp3) is 0.500. The van der Waals surface area contributed by atoms with E-state index < -0.39 is 0 Å². The molecule has 0 aromatic heterocycles. The number of benzene rings is 1. The van der Waals surface area contributed by atoms with Crippen LogP contribution in [0, 0.1) is 17.2 Å². The number of hydrogen-bond donors (Lipinski definition) is 1. The Morgan fingerprint density at radius 2 is 2.10 bits per heavy atom. The third kappa shape index (κ3) is 3.68. The Labute approximate surface area is 130 Å². The minimum Gasteiger partial charge on any atom is -0.370 e. The van der Waals surface area contributed by atoms with Crippen LogP contribution in [-0.2, 0) is 4.79 Å². The molecule has 0 radical (unpaired) electrons. The smallest absolute Gasteiger partial charge is 0.222 e. The summed E-state index contributed by atoms with van der Waals surface area (Å²) in [6, 6.07) is 7.93. The molecular formula is C16H20ClN3O. The standard InChI is InChI=1S/C16H20ClN3O/c1-11(2)16(21)19-12-6-8-20(9-7-12)15-5-3-4-14(17)13(15)10-18/h3-5,11-12H,6-9H2,1-2H3,(H,19,21). The second kappa shape index (κ2) is 6.82. The van der Waals surface area contributed by atoms with E-state index in [-0.39, 0.29) is 17.9 Å². The molecule has 1 fully saturated rings. The average molecular weight is 306 g/mol. The number of nitriles is 1. The number of carbonyl (C=O) groups excluding carboxylic acids is 1. The SMILES string of the molecule is CC(C)C(=O)NC1CCN(c2cccc(Cl)c2C#N)CC1. The van der Waals surface area contributed by atoms with Crippen molar-refractivity contribution in [3.63, 3.8) is 0 Å². The van der Waals surface area contributed by atoms with E-state index in [2.05, 4.69) is 16.3 Å². The highest BCUT2D eigenvalue weighted by Crippen LogP contribution is 2.28. The van der Waals surface area contributed by atoms with Gasteiger partial charge in [-0.2, -0.15) is 5.26 Å². The molecule has 1 aliphatic rings. The van der Waals surface area contributed by atoms with Crippen LogP contribution in [0.4, 0.5) is 5.69 Å². The maximum absolute atomic E-state index is 11.7. The van der Waals surface area contributed by atoms with Gasteiger partial charge in [-0.25, -0.2) is 0 Å². The lowest BCUT2D eigenvalue weighted by molar-refractivity contribution is -0.124. The molecule has 0 saturated carbocycles. The van der Waals surface area contributed by atoms with Crippen LogP contribution in [0.1, 0.15) is 32.3 Å². The summed E-state index contributed by atoms with van der Waals surface area (Å²) in [6.45, 7) is 5.43. The van der Waals surface area contributed by atoms with E-state index in [0.717, 1.165) is 31.6 Å². The molecule has 0 atom stereocenters. The van der Waals surface area contributed by atoms with Crippen molar-refractivity contribution in [1.29, 1.82) is 5.26 Å². The minimum atomic E-state index is 0.0150. The van der Waals surface area contributed by atoms with Crippen LogP contribution in [0.2, 0.25) is 5.02 Å². The Morgan fingerprint density at radius 1 is 1.43 bits per heavy atom. The molecule has 1 heterocycles. The summed E-state index contributed by atoms with van der Waals surface area (Å²) in [5.41, 5.74) is 1.42. The molecule has 1 N–H and O–H groups in total. The van der Waals surface area contributed by atoms with Gasteiger partial charge in [0.1, 0.15) is 6.07 Å². The van der Waals surface area contributed by atoms with Crippen LogP contribution in [-0.4, -0.2) is 25.0 Å². The van der Waals surface area contributed by atoms with Crippen LogP contribution < -0.4 is 10.2 Å². The van der Waals surface area contributed by atoms with Crippen molar-refractivity contribution in [1.82, 2.24) is 5.32 Å². The number of halogens is 1. The van der Waals surface area contributed by atoms with Gasteiger partial charge in [-0.15, -0.1) is 0 Å². The van der Waals surface area contributed by atoms with Crippen molar-refractivity contribution in [2.75, 3.05) is 18.0 Å².